The highest BCUT2D eigenvalue weighted by molar-refractivity contribution is 7.22. The maximum Gasteiger partial charge on any atom is 0.324 e. The summed E-state index contributed by atoms with van der Waals surface area (Å²) in [6.07, 6.45) is 0. The van der Waals surface area contributed by atoms with Crippen LogP contribution < -0.4 is 4.90 Å². The van der Waals surface area contributed by atoms with E-state index in [1.165, 1.54) is 23.5 Å². The standard InChI is InChI=1S/C20H24N4O3S2.ClH/c1-5-22(6-2)9-10-23(19(25)15-7-8-17(28-15)24(26)27)20-21-18-14(4)11-13(3)12-16(18)29-20;/h7-8,11-12H,5-6,9-10H2,1-4H3;1H. The van der Waals surface area contributed by atoms with Gasteiger partial charge >= 0.3 is 5.00 Å². The second-order valence-electron chi connectivity index (χ2n) is 6.80. The zero-order valence-electron chi connectivity index (χ0n) is 17.4. The average molecular weight is 469 g/mol. The maximum absolute atomic E-state index is 13.3. The summed E-state index contributed by atoms with van der Waals surface area (Å²) in [7, 11) is 0. The van der Waals surface area contributed by atoms with Crippen LogP contribution in [0.5, 0.6) is 0 Å². The van der Waals surface area contributed by atoms with Crippen LogP contribution in [0.3, 0.4) is 0 Å². The molecular formula is C20H25ClN4O3S2. The van der Waals surface area contributed by atoms with Crippen LogP contribution in [0.25, 0.3) is 10.2 Å². The van der Waals surface area contributed by atoms with E-state index in [1.807, 2.05) is 13.8 Å². The summed E-state index contributed by atoms with van der Waals surface area (Å²) in [4.78, 5) is 32.8. The third-order valence-electron chi connectivity index (χ3n) is 4.81. The molecule has 0 radical (unpaired) electrons. The van der Waals surface area contributed by atoms with Gasteiger partial charge in [-0.25, -0.2) is 4.98 Å². The second-order valence-corrected chi connectivity index (χ2v) is 8.87. The van der Waals surface area contributed by atoms with Crippen LogP contribution in [0.1, 0.15) is 34.6 Å². The first kappa shape index (κ1) is 24.2. The summed E-state index contributed by atoms with van der Waals surface area (Å²) in [5, 5.41) is 11.6. The Bertz CT molecular complexity index is 1050. The summed E-state index contributed by atoms with van der Waals surface area (Å²) in [5.74, 6) is -0.247. The topological polar surface area (TPSA) is 79.6 Å². The van der Waals surface area contributed by atoms with Gasteiger partial charge in [0.15, 0.2) is 5.13 Å². The number of amides is 1. The smallest absolute Gasteiger partial charge is 0.302 e. The Labute approximate surface area is 189 Å². The number of rotatable bonds is 8. The highest BCUT2D eigenvalue weighted by atomic mass is 35.5. The molecule has 0 fully saturated rings. The van der Waals surface area contributed by atoms with E-state index in [0.717, 1.165) is 45.8 Å². The number of nitrogens with zero attached hydrogens (tertiary/aromatic N) is 4. The van der Waals surface area contributed by atoms with Crippen molar-refractivity contribution >= 4 is 61.3 Å². The number of hydrogen-bond acceptors (Lipinski definition) is 7. The Morgan fingerprint density at radius 3 is 2.43 bits per heavy atom. The number of carbonyl (C=O) groups is 1. The number of anilines is 1. The first-order valence-electron chi connectivity index (χ1n) is 9.50. The largest absolute Gasteiger partial charge is 0.324 e. The zero-order chi connectivity index (χ0) is 21.1. The molecule has 0 aliphatic carbocycles. The third-order valence-corrected chi connectivity index (χ3v) is 6.86. The maximum atomic E-state index is 13.3. The Balaban J connectivity index is 0.00000320. The van der Waals surface area contributed by atoms with E-state index >= 15 is 0 Å². The number of carbonyl (C=O) groups excluding carboxylic acids is 1. The predicted octanol–water partition coefficient (Wildman–Crippen LogP) is 5.29. The van der Waals surface area contributed by atoms with E-state index in [4.69, 9.17) is 4.98 Å². The van der Waals surface area contributed by atoms with Crippen LogP contribution in [0.2, 0.25) is 0 Å². The van der Waals surface area contributed by atoms with Crippen molar-refractivity contribution in [2.45, 2.75) is 27.7 Å². The first-order chi connectivity index (χ1) is 13.8. The van der Waals surface area contributed by atoms with Gasteiger partial charge in [0.05, 0.1) is 20.0 Å². The molecule has 2 heterocycles. The highest BCUT2D eigenvalue weighted by Crippen LogP contribution is 2.33. The minimum absolute atomic E-state index is 0. The quantitative estimate of drug-likeness (QED) is 0.331. The molecule has 0 unspecified atom stereocenters. The Kier molecular flexibility index (Phi) is 8.31. The summed E-state index contributed by atoms with van der Waals surface area (Å²) in [5.41, 5.74) is 3.12. The zero-order valence-corrected chi connectivity index (χ0v) is 19.8. The molecule has 162 valence electrons. The molecule has 0 aliphatic heterocycles. The van der Waals surface area contributed by atoms with Crippen molar-refractivity contribution < 1.29 is 9.72 Å². The molecule has 3 rings (SSSR count). The minimum atomic E-state index is -0.467. The normalized spacial score (nSPS) is 11.0. The molecule has 1 aromatic carbocycles. The van der Waals surface area contributed by atoms with E-state index in [9.17, 15) is 14.9 Å². The molecule has 10 heteroatoms. The first-order valence-corrected chi connectivity index (χ1v) is 11.1. The van der Waals surface area contributed by atoms with Gasteiger partial charge < -0.3 is 4.90 Å². The number of nitro groups is 1. The fourth-order valence-electron chi connectivity index (χ4n) is 3.21. The van der Waals surface area contributed by atoms with E-state index in [2.05, 4.69) is 30.9 Å². The summed E-state index contributed by atoms with van der Waals surface area (Å²) < 4.78 is 1.04. The molecule has 7 nitrogen and oxygen atoms in total. The van der Waals surface area contributed by atoms with Crippen molar-refractivity contribution in [2.24, 2.45) is 0 Å². The van der Waals surface area contributed by atoms with Gasteiger partial charge in [0, 0.05) is 19.2 Å². The van der Waals surface area contributed by atoms with Crippen LogP contribution >= 0.6 is 35.1 Å². The van der Waals surface area contributed by atoms with E-state index in [0.29, 0.717) is 23.1 Å². The van der Waals surface area contributed by atoms with Gasteiger partial charge in [-0.15, -0.1) is 12.4 Å². The summed E-state index contributed by atoms with van der Waals surface area (Å²) in [6, 6.07) is 7.06. The molecule has 0 aliphatic rings. The number of halogens is 1. The molecule has 2 aromatic heterocycles. The second kappa shape index (κ2) is 10.3. The predicted molar refractivity (Wildman–Crippen MR) is 127 cm³/mol. The van der Waals surface area contributed by atoms with E-state index in [-0.39, 0.29) is 23.3 Å². The highest BCUT2D eigenvalue weighted by Gasteiger charge is 2.25. The van der Waals surface area contributed by atoms with E-state index in [1.54, 1.807) is 4.90 Å². The lowest BCUT2D eigenvalue weighted by molar-refractivity contribution is -0.380. The molecular weight excluding hydrogens is 444 g/mol. The number of aromatic nitrogens is 1. The van der Waals surface area contributed by atoms with Gasteiger partial charge in [0.1, 0.15) is 0 Å². The van der Waals surface area contributed by atoms with Gasteiger partial charge in [-0.05, 0) is 50.2 Å². The van der Waals surface area contributed by atoms with Gasteiger partial charge in [-0.3, -0.25) is 19.8 Å². The lowest BCUT2D eigenvalue weighted by atomic mass is 10.1. The Morgan fingerprint density at radius 2 is 1.83 bits per heavy atom. The molecule has 30 heavy (non-hydrogen) atoms. The molecule has 0 saturated carbocycles. The number of thiazole rings is 1. The van der Waals surface area contributed by atoms with Gasteiger partial charge in [0.2, 0.25) is 0 Å². The number of aryl methyl sites for hydroxylation is 2. The van der Waals surface area contributed by atoms with Crippen LogP contribution in [0.15, 0.2) is 24.3 Å². The molecule has 0 N–H and O–H groups in total. The molecule has 3 aromatic rings. The van der Waals surface area contributed by atoms with Crippen molar-refractivity contribution in [3.8, 4) is 0 Å². The van der Waals surface area contributed by atoms with E-state index < -0.39 is 4.92 Å². The van der Waals surface area contributed by atoms with Crippen molar-refractivity contribution in [1.29, 1.82) is 0 Å². The molecule has 0 atom stereocenters. The number of hydrogen-bond donors (Lipinski definition) is 0. The fourth-order valence-corrected chi connectivity index (χ4v) is 5.15. The SMILES string of the molecule is CCN(CC)CCN(C(=O)c1ccc([N+](=O)[O-])s1)c1nc2c(C)cc(C)cc2s1.Cl. The molecule has 0 spiro atoms. The van der Waals surface area contributed by atoms with Crippen molar-refractivity contribution in [2.75, 3.05) is 31.1 Å². The Hall–Kier alpha value is -2.07. The number of thiophene rings is 1. The average Bonchev–Trinajstić information content (AvgIpc) is 3.32. The van der Waals surface area contributed by atoms with Crippen LogP contribution in [0, 0.1) is 24.0 Å². The van der Waals surface area contributed by atoms with Gasteiger partial charge in [-0.2, -0.15) is 0 Å². The molecule has 1 amide bonds. The lowest BCUT2D eigenvalue weighted by Gasteiger charge is -2.24. The number of benzene rings is 1. The van der Waals surface area contributed by atoms with Crippen molar-refractivity contribution in [3.63, 3.8) is 0 Å². The number of likely N-dealkylation sites (N-methyl/N-ethyl adjacent to an activating group) is 1. The Morgan fingerprint density at radius 1 is 1.13 bits per heavy atom. The van der Waals surface area contributed by atoms with Crippen LogP contribution in [0.4, 0.5) is 10.1 Å². The summed E-state index contributed by atoms with van der Waals surface area (Å²) >= 11 is 2.39. The number of fused-ring (bicyclic) bond motifs is 1. The fraction of sp³-hybridized carbons (Fsp3) is 0.400. The van der Waals surface area contributed by atoms with Crippen LogP contribution in [-0.4, -0.2) is 46.9 Å². The van der Waals surface area contributed by atoms with Crippen molar-refractivity contribution in [1.82, 2.24) is 9.88 Å². The molecule has 0 bridgehead atoms. The van der Waals surface area contributed by atoms with Crippen LogP contribution in [-0.2, 0) is 0 Å². The minimum Gasteiger partial charge on any atom is -0.302 e. The van der Waals surface area contributed by atoms with Gasteiger partial charge in [-0.1, -0.05) is 42.6 Å². The van der Waals surface area contributed by atoms with Crippen molar-refractivity contribution in [3.05, 3.63) is 50.4 Å². The summed E-state index contributed by atoms with van der Waals surface area (Å²) in [6.45, 7) is 11.2. The monoisotopic (exact) mass is 468 g/mol. The third kappa shape index (κ3) is 5.15. The lowest BCUT2D eigenvalue weighted by Crippen LogP contribution is -2.38. The van der Waals surface area contributed by atoms with Gasteiger partial charge in [0.25, 0.3) is 5.91 Å². The molecule has 0 saturated heterocycles.